The topological polar surface area (TPSA) is 49.5 Å². The highest BCUT2D eigenvalue weighted by Crippen LogP contribution is 2.41. The van der Waals surface area contributed by atoms with Crippen molar-refractivity contribution < 1.29 is 5.11 Å². The lowest BCUT2D eigenvalue weighted by Crippen LogP contribution is -2.45. The molecule has 4 heteroatoms. The fraction of sp³-hybridized carbons (Fsp3) is 0.571. The fourth-order valence-electron chi connectivity index (χ4n) is 3.53. The number of halogens is 1. The van der Waals surface area contributed by atoms with E-state index < -0.39 is 0 Å². The molecule has 0 saturated carbocycles. The summed E-state index contributed by atoms with van der Waals surface area (Å²) in [7, 11) is 0. The van der Waals surface area contributed by atoms with Crippen LogP contribution in [0.2, 0.25) is 0 Å². The van der Waals surface area contributed by atoms with Crippen LogP contribution in [-0.4, -0.2) is 23.3 Å². The Bertz CT molecular complexity index is 437. The number of hydrogen-bond donors (Lipinski definition) is 2. The molecule has 2 saturated heterocycles. The van der Waals surface area contributed by atoms with E-state index in [9.17, 15) is 5.11 Å². The summed E-state index contributed by atoms with van der Waals surface area (Å²) >= 11 is 3.59. The maximum Gasteiger partial charge on any atom is 0.0579 e. The number of nitrogens with zero attached hydrogens (tertiary/aromatic N) is 1. The Kier molecular flexibility index (Phi) is 3.34. The smallest absolute Gasteiger partial charge is 0.0579 e. The normalized spacial score (nSPS) is 30.8. The Balaban J connectivity index is 1.99. The van der Waals surface area contributed by atoms with Crippen molar-refractivity contribution >= 4 is 21.6 Å². The number of rotatable bonds is 2. The third-order valence-electron chi connectivity index (χ3n) is 4.28. The fourth-order valence-corrected chi connectivity index (χ4v) is 4.05. The molecular formula is C14H19BrN2O. The van der Waals surface area contributed by atoms with Gasteiger partial charge < -0.3 is 15.7 Å². The molecule has 3 nitrogen and oxygen atoms in total. The van der Waals surface area contributed by atoms with Crippen LogP contribution in [0.3, 0.4) is 0 Å². The van der Waals surface area contributed by atoms with Crippen LogP contribution in [0.25, 0.3) is 0 Å². The zero-order valence-corrected chi connectivity index (χ0v) is 11.9. The first-order valence-corrected chi connectivity index (χ1v) is 7.44. The van der Waals surface area contributed by atoms with Gasteiger partial charge in [-0.15, -0.1) is 0 Å². The van der Waals surface area contributed by atoms with Crippen LogP contribution in [0.15, 0.2) is 22.7 Å². The van der Waals surface area contributed by atoms with Gasteiger partial charge in [0.05, 0.1) is 6.10 Å². The van der Waals surface area contributed by atoms with Crippen LogP contribution in [0.4, 0.5) is 5.69 Å². The summed E-state index contributed by atoms with van der Waals surface area (Å²) < 4.78 is 1.09. The summed E-state index contributed by atoms with van der Waals surface area (Å²) in [6.07, 6.45) is 4.06. The van der Waals surface area contributed by atoms with Gasteiger partial charge in [-0.2, -0.15) is 0 Å². The van der Waals surface area contributed by atoms with Crippen LogP contribution in [0.5, 0.6) is 0 Å². The third-order valence-corrected chi connectivity index (χ3v) is 5.03. The summed E-state index contributed by atoms with van der Waals surface area (Å²) in [5.74, 6) is 0. The van der Waals surface area contributed by atoms with Gasteiger partial charge in [0, 0.05) is 34.4 Å². The van der Waals surface area contributed by atoms with Crippen molar-refractivity contribution in [1.82, 2.24) is 0 Å². The number of anilines is 1. The molecule has 0 aliphatic carbocycles. The lowest BCUT2D eigenvalue weighted by atomic mass is 9.98. The van der Waals surface area contributed by atoms with Gasteiger partial charge in [-0.1, -0.05) is 22.0 Å². The number of fused-ring (bicyclic) bond motifs is 2. The Hall–Kier alpha value is -0.580. The molecule has 1 aromatic rings. The molecule has 2 bridgehead atoms. The van der Waals surface area contributed by atoms with Crippen LogP contribution < -0.4 is 10.6 Å². The summed E-state index contributed by atoms with van der Waals surface area (Å²) in [6, 6.07) is 7.25. The predicted molar refractivity (Wildman–Crippen MR) is 76.6 cm³/mol. The van der Waals surface area contributed by atoms with E-state index in [2.05, 4.69) is 33.0 Å². The molecule has 2 heterocycles. The van der Waals surface area contributed by atoms with Crippen LogP contribution >= 0.6 is 15.9 Å². The molecule has 1 aromatic carbocycles. The Morgan fingerprint density at radius 3 is 2.56 bits per heavy atom. The number of benzene rings is 1. The highest BCUT2D eigenvalue weighted by molar-refractivity contribution is 9.10. The Labute approximate surface area is 116 Å². The van der Waals surface area contributed by atoms with E-state index in [0.29, 0.717) is 18.6 Å². The molecule has 2 fully saturated rings. The predicted octanol–water partition coefficient (Wildman–Crippen LogP) is 2.40. The first-order chi connectivity index (χ1) is 8.70. The number of aliphatic hydroxyl groups excluding tert-OH is 1. The van der Waals surface area contributed by atoms with Gasteiger partial charge in [-0.05, 0) is 37.8 Å². The third kappa shape index (κ3) is 1.96. The standard InChI is InChI=1S/C14H19BrN2O/c15-13-2-1-3-14(12(13)8-16)17-9-4-5-10(17)7-11(18)6-9/h1-3,9-11,18H,4-8,16H2. The highest BCUT2D eigenvalue weighted by atomic mass is 79.9. The minimum absolute atomic E-state index is 0.118. The molecule has 2 atom stereocenters. The molecule has 0 radical (unpaired) electrons. The molecule has 98 valence electrons. The van der Waals surface area contributed by atoms with Crippen molar-refractivity contribution in [3.63, 3.8) is 0 Å². The molecule has 2 aliphatic heterocycles. The van der Waals surface area contributed by atoms with E-state index in [1.807, 2.05) is 6.07 Å². The van der Waals surface area contributed by atoms with Gasteiger partial charge in [-0.25, -0.2) is 0 Å². The second-order valence-electron chi connectivity index (χ2n) is 5.36. The molecular weight excluding hydrogens is 292 g/mol. The van der Waals surface area contributed by atoms with Crippen molar-refractivity contribution in [2.24, 2.45) is 5.73 Å². The molecule has 0 aromatic heterocycles. The van der Waals surface area contributed by atoms with E-state index in [-0.39, 0.29) is 6.10 Å². The van der Waals surface area contributed by atoms with Gasteiger partial charge >= 0.3 is 0 Å². The number of nitrogens with two attached hydrogens (primary N) is 1. The first-order valence-electron chi connectivity index (χ1n) is 6.64. The molecule has 18 heavy (non-hydrogen) atoms. The summed E-state index contributed by atoms with van der Waals surface area (Å²) in [4.78, 5) is 2.50. The molecule has 2 unspecified atom stereocenters. The van der Waals surface area contributed by atoms with Gasteiger partial charge in [0.1, 0.15) is 0 Å². The number of hydrogen-bond acceptors (Lipinski definition) is 3. The van der Waals surface area contributed by atoms with E-state index in [1.165, 1.54) is 24.1 Å². The van der Waals surface area contributed by atoms with Crippen molar-refractivity contribution in [3.8, 4) is 0 Å². The highest BCUT2D eigenvalue weighted by Gasteiger charge is 2.40. The zero-order valence-electron chi connectivity index (χ0n) is 10.3. The van der Waals surface area contributed by atoms with Crippen molar-refractivity contribution in [1.29, 1.82) is 0 Å². The lowest BCUT2D eigenvalue weighted by Gasteiger charge is -2.40. The average Bonchev–Trinajstić information content (AvgIpc) is 2.61. The largest absolute Gasteiger partial charge is 0.393 e. The van der Waals surface area contributed by atoms with Crippen LogP contribution in [-0.2, 0) is 6.54 Å². The Morgan fingerprint density at radius 2 is 1.94 bits per heavy atom. The van der Waals surface area contributed by atoms with Gasteiger partial charge in [0.2, 0.25) is 0 Å². The van der Waals surface area contributed by atoms with E-state index >= 15 is 0 Å². The molecule has 3 N–H and O–H groups in total. The zero-order chi connectivity index (χ0) is 12.7. The van der Waals surface area contributed by atoms with Crippen molar-refractivity contribution in [2.45, 2.75) is 50.4 Å². The SMILES string of the molecule is NCc1c(Br)cccc1N1C2CCC1CC(O)C2. The monoisotopic (exact) mass is 310 g/mol. The maximum atomic E-state index is 9.88. The molecule has 2 aliphatic rings. The van der Waals surface area contributed by atoms with Crippen LogP contribution in [0, 0.1) is 0 Å². The van der Waals surface area contributed by atoms with Gasteiger partial charge in [0.25, 0.3) is 0 Å². The number of piperidine rings is 1. The summed E-state index contributed by atoms with van der Waals surface area (Å²) in [5, 5.41) is 9.88. The quantitative estimate of drug-likeness (QED) is 0.882. The summed E-state index contributed by atoms with van der Waals surface area (Å²) in [6.45, 7) is 0.551. The van der Waals surface area contributed by atoms with E-state index in [0.717, 1.165) is 17.3 Å². The van der Waals surface area contributed by atoms with E-state index in [1.54, 1.807) is 0 Å². The van der Waals surface area contributed by atoms with E-state index in [4.69, 9.17) is 5.73 Å². The Morgan fingerprint density at radius 1 is 1.28 bits per heavy atom. The number of aliphatic hydroxyl groups is 1. The minimum Gasteiger partial charge on any atom is -0.393 e. The second kappa shape index (κ2) is 4.83. The molecule has 0 amide bonds. The molecule has 0 spiro atoms. The van der Waals surface area contributed by atoms with Crippen LogP contribution in [0.1, 0.15) is 31.2 Å². The second-order valence-corrected chi connectivity index (χ2v) is 6.21. The average molecular weight is 311 g/mol. The summed E-state index contributed by atoms with van der Waals surface area (Å²) in [5.41, 5.74) is 8.33. The van der Waals surface area contributed by atoms with Crippen molar-refractivity contribution in [3.05, 3.63) is 28.2 Å². The molecule has 3 rings (SSSR count). The van der Waals surface area contributed by atoms with Gasteiger partial charge in [-0.3, -0.25) is 0 Å². The van der Waals surface area contributed by atoms with Gasteiger partial charge in [0.15, 0.2) is 0 Å². The lowest BCUT2D eigenvalue weighted by molar-refractivity contribution is 0.126. The van der Waals surface area contributed by atoms with Crippen molar-refractivity contribution in [2.75, 3.05) is 4.90 Å². The maximum absolute atomic E-state index is 9.88. The first kappa shape index (κ1) is 12.5. The minimum atomic E-state index is -0.118.